The Balaban J connectivity index is 1.88. The molecule has 1 heterocycles. The molecule has 0 aromatic carbocycles. The van der Waals surface area contributed by atoms with Crippen molar-refractivity contribution >= 4 is 5.82 Å². The van der Waals surface area contributed by atoms with Gasteiger partial charge in [0.2, 0.25) is 5.88 Å². The number of nitrogens with zero attached hydrogens (tertiary/aromatic N) is 3. The minimum absolute atomic E-state index is 0.673. The average molecular weight is 264 g/mol. The molecule has 1 N–H and O–H groups in total. The molecule has 2 rings (SSSR count). The first-order chi connectivity index (χ1) is 9.22. The normalized spacial score (nSPS) is 14.7. The summed E-state index contributed by atoms with van der Waals surface area (Å²) in [4.78, 5) is 11.2. The van der Waals surface area contributed by atoms with Gasteiger partial charge in [-0.05, 0) is 26.8 Å². The molecule has 0 bridgehead atoms. The van der Waals surface area contributed by atoms with Crippen LogP contribution in [-0.2, 0) is 6.42 Å². The molecule has 5 nitrogen and oxygen atoms in total. The molecule has 1 saturated carbocycles. The predicted octanol–water partition coefficient (Wildman–Crippen LogP) is 1.94. The quantitative estimate of drug-likeness (QED) is 0.777. The highest BCUT2D eigenvalue weighted by Crippen LogP contribution is 2.24. The van der Waals surface area contributed by atoms with E-state index in [1.165, 1.54) is 12.8 Å². The summed E-state index contributed by atoms with van der Waals surface area (Å²) in [6, 6.07) is 2.65. The fourth-order valence-electron chi connectivity index (χ4n) is 1.97. The van der Waals surface area contributed by atoms with Gasteiger partial charge in [0.05, 0.1) is 0 Å². The summed E-state index contributed by atoms with van der Waals surface area (Å²) in [6.45, 7) is 6.59. The van der Waals surface area contributed by atoms with E-state index in [9.17, 15) is 0 Å². The van der Waals surface area contributed by atoms with Gasteiger partial charge in [0.25, 0.3) is 0 Å². The third-order valence-corrected chi connectivity index (χ3v) is 3.29. The van der Waals surface area contributed by atoms with Crippen molar-refractivity contribution in [3.8, 4) is 5.88 Å². The largest absolute Gasteiger partial charge is 0.476 e. The Labute approximate surface area is 115 Å². The molecular weight excluding hydrogens is 240 g/mol. The van der Waals surface area contributed by atoms with Crippen LogP contribution in [0.5, 0.6) is 5.88 Å². The maximum Gasteiger partial charge on any atom is 0.218 e. The number of likely N-dealkylation sites (N-methyl/N-ethyl adjacent to an activating group) is 1. The second-order valence-corrected chi connectivity index (χ2v) is 4.95. The van der Waals surface area contributed by atoms with E-state index in [1.54, 1.807) is 0 Å². The van der Waals surface area contributed by atoms with Crippen LogP contribution in [0, 0.1) is 0 Å². The van der Waals surface area contributed by atoms with Gasteiger partial charge in [-0.25, -0.2) is 4.98 Å². The lowest BCUT2D eigenvalue weighted by Crippen LogP contribution is -2.26. The number of nitrogens with one attached hydrogen (secondary N) is 1. The van der Waals surface area contributed by atoms with E-state index in [1.807, 2.05) is 6.07 Å². The third kappa shape index (κ3) is 4.35. The van der Waals surface area contributed by atoms with Crippen LogP contribution >= 0.6 is 0 Å². The van der Waals surface area contributed by atoms with E-state index in [0.717, 1.165) is 37.2 Å². The number of anilines is 1. The van der Waals surface area contributed by atoms with Crippen LogP contribution in [0.4, 0.5) is 5.82 Å². The first kappa shape index (κ1) is 14.1. The topological polar surface area (TPSA) is 50.3 Å². The van der Waals surface area contributed by atoms with Gasteiger partial charge in [0.15, 0.2) is 0 Å². The van der Waals surface area contributed by atoms with Crippen molar-refractivity contribution in [1.29, 1.82) is 0 Å². The number of ether oxygens (including phenoxy) is 1. The predicted molar refractivity (Wildman–Crippen MR) is 76.7 cm³/mol. The highest BCUT2D eigenvalue weighted by atomic mass is 16.5. The van der Waals surface area contributed by atoms with Crippen molar-refractivity contribution < 1.29 is 4.74 Å². The molecule has 0 unspecified atom stereocenters. The fraction of sp³-hybridized carbons (Fsp3) is 0.714. The lowest BCUT2D eigenvalue weighted by atomic mass is 10.4. The highest BCUT2D eigenvalue weighted by Gasteiger charge is 2.25. The number of aryl methyl sites for hydroxylation is 1. The molecule has 5 heteroatoms. The molecule has 19 heavy (non-hydrogen) atoms. The van der Waals surface area contributed by atoms with Gasteiger partial charge < -0.3 is 15.0 Å². The maximum atomic E-state index is 5.75. The van der Waals surface area contributed by atoms with E-state index in [2.05, 4.69) is 41.1 Å². The van der Waals surface area contributed by atoms with Crippen LogP contribution in [0.1, 0.15) is 32.5 Å². The number of rotatable bonds is 8. The minimum atomic E-state index is 0.673. The zero-order valence-corrected chi connectivity index (χ0v) is 12.1. The highest BCUT2D eigenvalue weighted by molar-refractivity contribution is 5.38. The third-order valence-electron chi connectivity index (χ3n) is 3.29. The van der Waals surface area contributed by atoms with Gasteiger partial charge in [-0.1, -0.05) is 6.92 Å². The maximum absolute atomic E-state index is 5.75. The van der Waals surface area contributed by atoms with Crippen LogP contribution < -0.4 is 10.1 Å². The van der Waals surface area contributed by atoms with Gasteiger partial charge in [-0.15, -0.1) is 0 Å². The molecule has 1 aromatic rings. The number of hydrogen-bond acceptors (Lipinski definition) is 5. The van der Waals surface area contributed by atoms with Crippen LogP contribution in [0.2, 0.25) is 0 Å². The van der Waals surface area contributed by atoms with Crippen LogP contribution in [0.15, 0.2) is 6.07 Å². The van der Waals surface area contributed by atoms with Crippen molar-refractivity contribution in [1.82, 2.24) is 14.9 Å². The average Bonchev–Trinajstić information content (AvgIpc) is 3.23. The second kappa shape index (κ2) is 6.70. The molecular formula is C14H24N4O. The Morgan fingerprint density at radius 1 is 1.37 bits per heavy atom. The molecule has 0 amide bonds. The SMILES string of the molecule is CCNc1cc(OCCN(C)C2CC2)nc(CC)n1. The van der Waals surface area contributed by atoms with E-state index in [-0.39, 0.29) is 0 Å². The minimum Gasteiger partial charge on any atom is -0.476 e. The Kier molecular flexibility index (Phi) is 4.96. The van der Waals surface area contributed by atoms with Crippen molar-refractivity contribution in [3.05, 3.63) is 11.9 Å². The Morgan fingerprint density at radius 3 is 2.79 bits per heavy atom. The Morgan fingerprint density at radius 2 is 2.16 bits per heavy atom. The molecule has 1 aliphatic rings. The van der Waals surface area contributed by atoms with E-state index >= 15 is 0 Å². The zero-order chi connectivity index (χ0) is 13.7. The summed E-state index contributed by atoms with van der Waals surface area (Å²) >= 11 is 0. The van der Waals surface area contributed by atoms with Crippen LogP contribution in [-0.4, -0.2) is 47.7 Å². The molecule has 0 saturated heterocycles. The van der Waals surface area contributed by atoms with Gasteiger partial charge in [-0.3, -0.25) is 0 Å². The van der Waals surface area contributed by atoms with Crippen LogP contribution in [0.3, 0.4) is 0 Å². The van der Waals surface area contributed by atoms with Crippen molar-refractivity contribution in [3.63, 3.8) is 0 Å². The molecule has 1 fully saturated rings. The van der Waals surface area contributed by atoms with E-state index < -0.39 is 0 Å². The standard InChI is InChI=1S/C14H24N4O/c1-4-12-16-13(15-5-2)10-14(17-12)19-9-8-18(3)11-6-7-11/h10-11H,4-9H2,1-3H3,(H,15,16,17). The van der Waals surface area contributed by atoms with Gasteiger partial charge in [-0.2, -0.15) is 4.98 Å². The van der Waals surface area contributed by atoms with Gasteiger partial charge in [0, 0.05) is 31.6 Å². The summed E-state index contributed by atoms with van der Waals surface area (Å²) < 4.78 is 5.75. The molecule has 0 aliphatic heterocycles. The zero-order valence-electron chi connectivity index (χ0n) is 12.1. The Hall–Kier alpha value is -1.36. The summed E-state index contributed by atoms with van der Waals surface area (Å²) in [5, 5.41) is 3.21. The molecule has 1 aliphatic carbocycles. The molecule has 0 spiro atoms. The summed E-state index contributed by atoms with van der Waals surface area (Å²) in [5.74, 6) is 2.34. The smallest absolute Gasteiger partial charge is 0.218 e. The van der Waals surface area contributed by atoms with Crippen LogP contribution in [0.25, 0.3) is 0 Å². The molecule has 1 aromatic heterocycles. The number of aromatic nitrogens is 2. The molecule has 0 radical (unpaired) electrons. The van der Waals surface area contributed by atoms with E-state index in [0.29, 0.717) is 12.5 Å². The first-order valence-corrected chi connectivity index (χ1v) is 7.17. The molecule has 0 atom stereocenters. The summed E-state index contributed by atoms with van der Waals surface area (Å²) in [6.07, 6.45) is 3.47. The Bertz CT molecular complexity index is 406. The van der Waals surface area contributed by atoms with Crippen molar-refractivity contribution in [2.75, 3.05) is 32.1 Å². The van der Waals surface area contributed by atoms with Crippen molar-refractivity contribution in [2.24, 2.45) is 0 Å². The lowest BCUT2D eigenvalue weighted by Gasteiger charge is -2.16. The lowest BCUT2D eigenvalue weighted by molar-refractivity contribution is 0.226. The van der Waals surface area contributed by atoms with Gasteiger partial charge in [0.1, 0.15) is 18.2 Å². The number of hydrogen-bond donors (Lipinski definition) is 1. The first-order valence-electron chi connectivity index (χ1n) is 7.17. The fourth-order valence-corrected chi connectivity index (χ4v) is 1.97. The second-order valence-electron chi connectivity index (χ2n) is 4.95. The van der Waals surface area contributed by atoms with E-state index in [4.69, 9.17) is 4.74 Å². The summed E-state index contributed by atoms with van der Waals surface area (Å²) in [7, 11) is 2.16. The van der Waals surface area contributed by atoms with Crippen molar-refractivity contribution in [2.45, 2.75) is 39.2 Å². The summed E-state index contributed by atoms with van der Waals surface area (Å²) in [5.41, 5.74) is 0. The van der Waals surface area contributed by atoms with Gasteiger partial charge >= 0.3 is 0 Å². The molecule has 106 valence electrons. The monoisotopic (exact) mass is 264 g/mol.